The summed E-state index contributed by atoms with van der Waals surface area (Å²) >= 11 is 1.47. The fourth-order valence-corrected chi connectivity index (χ4v) is 3.81. The van der Waals surface area contributed by atoms with Crippen LogP contribution in [0.3, 0.4) is 0 Å². The van der Waals surface area contributed by atoms with E-state index in [1.165, 1.54) is 11.8 Å². The average molecular weight is 408 g/mol. The first kappa shape index (κ1) is 19.1. The summed E-state index contributed by atoms with van der Waals surface area (Å²) in [5, 5.41) is 21.1. The number of hydrogen-bond acceptors (Lipinski definition) is 8. The van der Waals surface area contributed by atoms with E-state index in [1.54, 1.807) is 11.8 Å². The van der Waals surface area contributed by atoms with Gasteiger partial charge in [0.25, 0.3) is 0 Å². The number of aryl methyl sites for hydroxylation is 2. The first-order chi connectivity index (χ1) is 14.1. The lowest BCUT2D eigenvalue weighted by atomic mass is 10.1. The fraction of sp³-hybridized carbons (Fsp3) is 0.250. The Hall–Kier alpha value is -3.20. The van der Waals surface area contributed by atoms with E-state index in [9.17, 15) is 0 Å². The molecule has 9 heteroatoms. The molecule has 0 saturated carbocycles. The van der Waals surface area contributed by atoms with Gasteiger partial charge in [0.05, 0.1) is 18.0 Å². The van der Waals surface area contributed by atoms with Gasteiger partial charge in [-0.3, -0.25) is 0 Å². The maximum Gasteiger partial charge on any atom is 0.247 e. The zero-order valence-electron chi connectivity index (χ0n) is 16.5. The third-order valence-electron chi connectivity index (χ3n) is 4.50. The van der Waals surface area contributed by atoms with Crippen molar-refractivity contribution in [2.45, 2.75) is 31.2 Å². The Morgan fingerprint density at radius 2 is 1.72 bits per heavy atom. The second-order valence-electron chi connectivity index (χ2n) is 6.55. The van der Waals surface area contributed by atoms with E-state index in [2.05, 4.69) is 25.7 Å². The molecule has 0 aliphatic rings. The zero-order valence-corrected chi connectivity index (χ0v) is 17.3. The summed E-state index contributed by atoms with van der Waals surface area (Å²) in [6.07, 6.45) is 0. The first-order valence-corrected chi connectivity index (χ1v) is 9.94. The number of para-hydroxylation sites is 1. The maximum atomic E-state index is 5.89. The number of nitrogens with zero attached hydrogens (tertiary/aromatic N) is 6. The van der Waals surface area contributed by atoms with Crippen molar-refractivity contribution in [3.63, 3.8) is 0 Å². The molecule has 0 radical (unpaired) electrons. The summed E-state index contributed by atoms with van der Waals surface area (Å²) < 4.78 is 12.8. The van der Waals surface area contributed by atoms with Gasteiger partial charge >= 0.3 is 0 Å². The number of hydrogen-bond donors (Lipinski definition) is 0. The van der Waals surface area contributed by atoms with Crippen LogP contribution in [0, 0.1) is 13.8 Å². The van der Waals surface area contributed by atoms with Crippen molar-refractivity contribution in [1.82, 2.24) is 30.4 Å². The Balaban J connectivity index is 1.56. The Bertz CT molecular complexity index is 1100. The number of aromatic nitrogens is 6. The van der Waals surface area contributed by atoms with Crippen molar-refractivity contribution < 1.29 is 9.15 Å². The van der Waals surface area contributed by atoms with Gasteiger partial charge in [-0.25, -0.2) is 0 Å². The van der Waals surface area contributed by atoms with E-state index in [1.807, 2.05) is 63.2 Å². The molecule has 4 aromatic rings. The van der Waals surface area contributed by atoms with Gasteiger partial charge in [-0.2, -0.15) is 4.68 Å². The van der Waals surface area contributed by atoms with E-state index < -0.39 is 0 Å². The van der Waals surface area contributed by atoms with Crippen molar-refractivity contribution in [3.8, 4) is 22.9 Å². The van der Waals surface area contributed by atoms with Gasteiger partial charge in [0.15, 0.2) is 0 Å². The number of ether oxygens (including phenoxy) is 1. The van der Waals surface area contributed by atoms with Gasteiger partial charge in [0.1, 0.15) is 5.75 Å². The molecule has 1 atom stereocenters. The van der Waals surface area contributed by atoms with Crippen molar-refractivity contribution in [1.29, 1.82) is 0 Å². The normalized spacial score (nSPS) is 12.1. The molecule has 4 rings (SSSR count). The molecule has 2 aromatic heterocycles. The molecule has 0 spiro atoms. The molecule has 0 unspecified atom stereocenters. The van der Waals surface area contributed by atoms with Crippen LogP contribution in [0.2, 0.25) is 0 Å². The van der Waals surface area contributed by atoms with Crippen LogP contribution in [0.4, 0.5) is 0 Å². The minimum absolute atomic E-state index is 0.122. The summed E-state index contributed by atoms with van der Waals surface area (Å²) in [5.41, 5.74) is 4.02. The Morgan fingerprint density at radius 1 is 1.00 bits per heavy atom. The minimum Gasteiger partial charge on any atom is -0.497 e. The topological polar surface area (TPSA) is 91.8 Å². The van der Waals surface area contributed by atoms with Gasteiger partial charge in [-0.05, 0) is 66.6 Å². The molecule has 2 aromatic carbocycles. The summed E-state index contributed by atoms with van der Waals surface area (Å²) in [6.45, 7) is 6.07. The molecule has 0 N–H and O–H groups in total. The predicted molar refractivity (Wildman–Crippen MR) is 109 cm³/mol. The summed E-state index contributed by atoms with van der Waals surface area (Å²) in [6, 6.07) is 13.6. The molecule has 0 bridgehead atoms. The first-order valence-electron chi connectivity index (χ1n) is 9.06. The van der Waals surface area contributed by atoms with Crippen LogP contribution in [0.15, 0.2) is 52.0 Å². The standard InChI is InChI=1S/C20H20N6O2S/c1-12-6-5-7-13(2)17(12)26-20(23-24-25-26)29-14(3)18-21-22-19(28-18)15-8-10-16(27-4)11-9-15/h5-11,14H,1-4H3/t14-/m0/s1. The van der Waals surface area contributed by atoms with Crippen LogP contribution in [0.1, 0.15) is 29.2 Å². The highest BCUT2D eigenvalue weighted by Gasteiger charge is 2.21. The Labute approximate surface area is 172 Å². The molecule has 8 nitrogen and oxygen atoms in total. The number of rotatable bonds is 6. The summed E-state index contributed by atoms with van der Waals surface area (Å²) in [4.78, 5) is 0. The lowest BCUT2D eigenvalue weighted by molar-refractivity contribution is 0.415. The van der Waals surface area contributed by atoms with Crippen molar-refractivity contribution >= 4 is 11.8 Å². The van der Waals surface area contributed by atoms with Crippen LogP contribution in [-0.4, -0.2) is 37.5 Å². The summed E-state index contributed by atoms with van der Waals surface area (Å²) in [7, 11) is 1.63. The minimum atomic E-state index is -0.122. The van der Waals surface area contributed by atoms with Crippen LogP contribution in [0.5, 0.6) is 5.75 Å². The second kappa shape index (κ2) is 8.04. The third-order valence-corrected chi connectivity index (χ3v) is 5.52. The highest BCUT2D eigenvalue weighted by Crippen LogP contribution is 2.35. The number of thioether (sulfide) groups is 1. The summed E-state index contributed by atoms with van der Waals surface area (Å²) in [5.74, 6) is 1.75. The fourth-order valence-electron chi connectivity index (χ4n) is 2.99. The molecule has 0 aliphatic heterocycles. The molecule has 0 amide bonds. The number of tetrazole rings is 1. The van der Waals surface area contributed by atoms with Crippen molar-refractivity contribution in [2.24, 2.45) is 0 Å². The SMILES string of the molecule is COc1ccc(-c2nnc([C@H](C)Sc3nnnn3-c3c(C)cccc3C)o2)cc1. The van der Waals surface area contributed by atoms with Crippen molar-refractivity contribution in [2.75, 3.05) is 7.11 Å². The van der Waals surface area contributed by atoms with E-state index in [4.69, 9.17) is 9.15 Å². The second-order valence-corrected chi connectivity index (χ2v) is 7.86. The van der Waals surface area contributed by atoms with Crippen LogP contribution in [0.25, 0.3) is 17.1 Å². The van der Waals surface area contributed by atoms with Crippen LogP contribution in [-0.2, 0) is 0 Å². The van der Waals surface area contributed by atoms with E-state index >= 15 is 0 Å². The molecule has 29 heavy (non-hydrogen) atoms. The van der Waals surface area contributed by atoms with E-state index in [0.717, 1.165) is 28.1 Å². The quantitative estimate of drug-likeness (QED) is 0.439. The van der Waals surface area contributed by atoms with Gasteiger partial charge < -0.3 is 9.15 Å². The molecule has 0 fully saturated rings. The van der Waals surface area contributed by atoms with Gasteiger partial charge in [0, 0.05) is 5.56 Å². The molecule has 2 heterocycles. The average Bonchev–Trinajstić information content (AvgIpc) is 3.38. The lowest BCUT2D eigenvalue weighted by Crippen LogP contribution is -2.04. The molecular weight excluding hydrogens is 388 g/mol. The van der Waals surface area contributed by atoms with Gasteiger partial charge in [-0.15, -0.1) is 15.3 Å². The predicted octanol–water partition coefficient (Wildman–Crippen LogP) is 4.19. The Morgan fingerprint density at radius 3 is 2.41 bits per heavy atom. The highest BCUT2D eigenvalue weighted by molar-refractivity contribution is 7.99. The molecule has 0 aliphatic carbocycles. The van der Waals surface area contributed by atoms with Crippen LogP contribution < -0.4 is 4.74 Å². The zero-order chi connectivity index (χ0) is 20.4. The van der Waals surface area contributed by atoms with E-state index in [-0.39, 0.29) is 5.25 Å². The Kier molecular flexibility index (Phi) is 5.30. The number of methoxy groups -OCH3 is 1. The molecule has 148 valence electrons. The van der Waals surface area contributed by atoms with Crippen molar-refractivity contribution in [3.05, 3.63) is 59.5 Å². The third kappa shape index (κ3) is 3.86. The van der Waals surface area contributed by atoms with E-state index in [0.29, 0.717) is 16.9 Å². The smallest absolute Gasteiger partial charge is 0.247 e. The van der Waals surface area contributed by atoms with Crippen LogP contribution >= 0.6 is 11.8 Å². The monoisotopic (exact) mass is 408 g/mol. The van der Waals surface area contributed by atoms with Gasteiger partial charge in [-0.1, -0.05) is 30.0 Å². The number of benzene rings is 2. The molecular formula is C20H20N6O2S. The molecule has 0 saturated heterocycles. The van der Waals surface area contributed by atoms with Gasteiger partial charge in [0.2, 0.25) is 16.9 Å². The lowest BCUT2D eigenvalue weighted by Gasteiger charge is -2.11. The highest BCUT2D eigenvalue weighted by atomic mass is 32.2. The maximum absolute atomic E-state index is 5.89. The largest absolute Gasteiger partial charge is 0.497 e.